The van der Waals surface area contributed by atoms with E-state index in [2.05, 4.69) is 5.16 Å². The minimum atomic E-state index is 0.125. The molecule has 20 heavy (non-hydrogen) atoms. The highest BCUT2D eigenvalue weighted by Gasteiger charge is 2.23. The lowest BCUT2D eigenvalue weighted by Crippen LogP contribution is -2.40. The number of aromatic nitrogens is 1. The van der Waals surface area contributed by atoms with Gasteiger partial charge in [-0.05, 0) is 37.4 Å². The van der Waals surface area contributed by atoms with Crippen molar-refractivity contribution in [1.82, 2.24) is 10.1 Å². The molecule has 0 aliphatic carbocycles. The van der Waals surface area contributed by atoms with E-state index in [1.807, 2.05) is 29.2 Å². The number of fused-ring (bicyclic) bond motifs is 1. The first-order valence-electron chi connectivity index (χ1n) is 7.09. The summed E-state index contributed by atoms with van der Waals surface area (Å²) < 4.78 is 5.23. The Morgan fingerprint density at radius 1 is 1.35 bits per heavy atom. The molecule has 5 heteroatoms. The van der Waals surface area contributed by atoms with E-state index in [0.29, 0.717) is 12.3 Å². The molecule has 1 saturated heterocycles. The zero-order valence-electron chi connectivity index (χ0n) is 11.4. The standard InChI is InChI=1S/C15H19N3O2/c16-10-11-5-7-18(8-6-11)15(19)9-13-12-3-1-2-4-14(12)20-17-13/h1-4,11H,5-10,16H2. The number of para-hydroxylation sites is 1. The minimum Gasteiger partial charge on any atom is -0.356 e. The third-order valence-corrected chi connectivity index (χ3v) is 4.07. The third-order valence-electron chi connectivity index (χ3n) is 4.07. The van der Waals surface area contributed by atoms with Crippen molar-refractivity contribution in [2.24, 2.45) is 11.7 Å². The maximum Gasteiger partial charge on any atom is 0.228 e. The first-order chi connectivity index (χ1) is 9.78. The lowest BCUT2D eigenvalue weighted by Gasteiger charge is -2.31. The summed E-state index contributed by atoms with van der Waals surface area (Å²) in [6.07, 6.45) is 2.31. The fourth-order valence-corrected chi connectivity index (χ4v) is 2.74. The molecule has 0 spiro atoms. The van der Waals surface area contributed by atoms with Crippen molar-refractivity contribution in [1.29, 1.82) is 0 Å². The second-order valence-electron chi connectivity index (χ2n) is 5.36. The number of likely N-dealkylation sites (tertiary alicyclic amines) is 1. The van der Waals surface area contributed by atoms with Crippen molar-refractivity contribution in [3.05, 3.63) is 30.0 Å². The molecule has 2 N–H and O–H groups in total. The summed E-state index contributed by atoms with van der Waals surface area (Å²) in [4.78, 5) is 14.2. The average Bonchev–Trinajstić information content (AvgIpc) is 2.91. The molecule has 0 bridgehead atoms. The summed E-state index contributed by atoms with van der Waals surface area (Å²) in [5.74, 6) is 0.687. The van der Waals surface area contributed by atoms with Crippen LogP contribution in [0.25, 0.3) is 11.0 Å². The largest absolute Gasteiger partial charge is 0.356 e. The number of nitrogens with zero attached hydrogens (tertiary/aromatic N) is 2. The first-order valence-corrected chi connectivity index (χ1v) is 7.09. The molecule has 1 fully saturated rings. The maximum atomic E-state index is 12.3. The van der Waals surface area contributed by atoms with Crippen molar-refractivity contribution in [3.8, 4) is 0 Å². The molecular weight excluding hydrogens is 254 g/mol. The number of hydrogen-bond acceptors (Lipinski definition) is 4. The van der Waals surface area contributed by atoms with E-state index in [0.717, 1.165) is 49.1 Å². The fraction of sp³-hybridized carbons (Fsp3) is 0.467. The smallest absolute Gasteiger partial charge is 0.228 e. The molecule has 106 valence electrons. The summed E-state index contributed by atoms with van der Waals surface area (Å²) >= 11 is 0. The number of benzene rings is 1. The molecular formula is C15H19N3O2. The molecule has 2 aromatic rings. The van der Waals surface area contributed by atoms with E-state index in [9.17, 15) is 4.79 Å². The molecule has 1 aliphatic heterocycles. The van der Waals surface area contributed by atoms with Crippen LogP contribution in [0.5, 0.6) is 0 Å². The van der Waals surface area contributed by atoms with Crippen molar-refractivity contribution >= 4 is 16.9 Å². The van der Waals surface area contributed by atoms with Crippen LogP contribution in [0.2, 0.25) is 0 Å². The summed E-state index contributed by atoms with van der Waals surface area (Å²) in [5.41, 5.74) is 7.13. The lowest BCUT2D eigenvalue weighted by molar-refractivity contribution is -0.131. The zero-order valence-corrected chi connectivity index (χ0v) is 11.4. The Labute approximate surface area is 117 Å². The SMILES string of the molecule is NCC1CCN(C(=O)Cc2noc3ccccc23)CC1. The van der Waals surface area contributed by atoms with Crippen LogP contribution < -0.4 is 5.73 Å². The molecule has 3 rings (SSSR count). The molecule has 5 nitrogen and oxygen atoms in total. The van der Waals surface area contributed by atoms with Gasteiger partial charge in [-0.3, -0.25) is 4.79 Å². The number of amides is 1. The third kappa shape index (κ3) is 2.54. The monoisotopic (exact) mass is 273 g/mol. The van der Waals surface area contributed by atoms with E-state index < -0.39 is 0 Å². The maximum absolute atomic E-state index is 12.3. The molecule has 0 unspecified atom stereocenters. The van der Waals surface area contributed by atoms with Crippen molar-refractivity contribution < 1.29 is 9.32 Å². The van der Waals surface area contributed by atoms with Crippen molar-refractivity contribution in [2.45, 2.75) is 19.3 Å². The van der Waals surface area contributed by atoms with Crippen LogP contribution >= 0.6 is 0 Å². The van der Waals surface area contributed by atoms with Gasteiger partial charge in [-0.25, -0.2) is 0 Å². The molecule has 1 aromatic heterocycles. The second-order valence-corrected chi connectivity index (χ2v) is 5.36. The Hall–Kier alpha value is -1.88. The van der Waals surface area contributed by atoms with Gasteiger partial charge in [-0.2, -0.15) is 0 Å². The van der Waals surface area contributed by atoms with Crippen LogP contribution in [0.1, 0.15) is 18.5 Å². The number of carbonyl (C=O) groups excluding carboxylic acids is 1. The Morgan fingerprint density at radius 2 is 2.10 bits per heavy atom. The quantitative estimate of drug-likeness (QED) is 0.921. The molecule has 1 aromatic carbocycles. The normalized spacial score (nSPS) is 16.8. The Balaban J connectivity index is 1.67. The second kappa shape index (κ2) is 5.63. The topological polar surface area (TPSA) is 72.4 Å². The van der Waals surface area contributed by atoms with Gasteiger partial charge in [0.2, 0.25) is 5.91 Å². The summed E-state index contributed by atoms with van der Waals surface area (Å²) in [6, 6.07) is 7.63. The van der Waals surface area contributed by atoms with Crippen LogP contribution in [0, 0.1) is 5.92 Å². The van der Waals surface area contributed by atoms with Gasteiger partial charge in [-0.15, -0.1) is 0 Å². The van der Waals surface area contributed by atoms with Gasteiger partial charge in [0.05, 0.1) is 6.42 Å². The van der Waals surface area contributed by atoms with Gasteiger partial charge in [0.1, 0.15) is 5.69 Å². The summed E-state index contributed by atoms with van der Waals surface area (Å²) in [6.45, 7) is 2.32. The van der Waals surface area contributed by atoms with Gasteiger partial charge >= 0.3 is 0 Å². The zero-order chi connectivity index (χ0) is 13.9. The minimum absolute atomic E-state index is 0.125. The molecule has 2 heterocycles. The summed E-state index contributed by atoms with van der Waals surface area (Å²) in [5, 5.41) is 4.95. The van der Waals surface area contributed by atoms with E-state index in [1.165, 1.54) is 0 Å². The van der Waals surface area contributed by atoms with Gasteiger partial charge in [0.25, 0.3) is 0 Å². The van der Waals surface area contributed by atoms with Crippen molar-refractivity contribution in [3.63, 3.8) is 0 Å². The van der Waals surface area contributed by atoms with Gasteiger partial charge in [0.15, 0.2) is 5.58 Å². The van der Waals surface area contributed by atoms with Gasteiger partial charge in [-0.1, -0.05) is 17.3 Å². The average molecular weight is 273 g/mol. The predicted octanol–water partition coefficient (Wildman–Crippen LogP) is 1.57. The molecule has 0 saturated carbocycles. The van der Waals surface area contributed by atoms with Gasteiger partial charge < -0.3 is 15.2 Å². The predicted molar refractivity (Wildman–Crippen MR) is 76.1 cm³/mol. The number of carbonyl (C=O) groups is 1. The van der Waals surface area contributed by atoms with E-state index >= 15 is 0 Å². The van der Waals surface area contributed by atoms with Crippen LogP contribution in [0.4, 0.5) is 0 Å². The highest BCUT2D eigenvalue weighted by atomic mass is 16.5. The van der Waals surface area contributed by atoms with Gasteiger partial charge in [0, 0.05) is 18.5 Å². The Morgan fingerprint density at radius 3 is 2.85 bits per heavy atom. The van der Waals surface area contributed by atoms with Crippen LogP contribution in [0.3, 0.4) is 0 Å². The molecule has 0 atom stereocenters. The number of piperidine rings is 1. The highest BCUT2D eigenvalue weighted by Crippen LogP contribution is 2.20. The van der Waals surface area contributed by atoms with E-state index in [-0.39, 0.29) is 5.91 Å². The first kappa shape index (κ1) is 13.1. The Bertz CT molecular complexity index is 600. The number of hydrogen-bond donors (Lipinski definition) is 1. The van der Waals surface area contributed by atoms with Crippen LogP contribution in [0.15, 0.2) is 28.8 Å². The lowest BCUT2D eigenvalue weighted by atomic mass is 9.97. The van der Waals surface area contributed by atoms with Crippen LogP contribution in [-0.2, 0) is 11.2 Å². The molecule has 1 amide bonds. The van der Waals surface area contributed by atoms with Crippen LogP contribution in [-0.4, -0.2) is 35.6 Å². The van der Waals surface area contributed by atoms with E-state index in [1.54, 1.807) is 0 Å². The molecule has 0 radical (unpaired) electrons. The number of rotatable bonds is 3. The summed E-state index contributed by atoms with van der Waals surface area (Å²) in [7, 11) is 0. The highest BCUT2D eigenvalue weighted by molar-refractivity contribution is 5.86. The molecule has 1 aliphatic rings. The van der Waals surface area contributed by atoms with E-state index in [4.69, 9.17) is 10.3 Å². The van der Waals surface area contributed by atoms with Crippen molar-refractivity contribution in [2.75, 3.05) is 19.6 Å². The fourth-order valence-electron chi connectivity index (χ4n) is 2.74. The number of nitrogens with two attached hydrogens (primary N) is 1. The Kier molecular flexibility index (Phi) is 3.69.